The summed E-state index contributed by atoms with van der Waals surface area (Å²) in [7, 11) is 0. The quantitative estimate of drug-likeness (QED) is 0.373. The van der Waals surface area contributed by atoms with E-state index in [9.17, 15) is 4.79 Å². The molecular formula is C19H13Br2Cl2NO. The summed E-state index contributed by atoms with van der Waals surface area (Å²) in [5, 5.41) is 1.78. The van der Waals surface area contributed by atoms with Gasteiger partial charge in [-0.25, -0.2) is 0 Å². The van der Waals surface area contributed by atoms with Crippen molar-refractivity contribution in [1.82, 2.24) is 4.57 Å². The standard InChI is InChI=1S/C19H13Br2Cl2NO/c20-9-12-7-17(13-1-4-15(21)5-2-13)19(25)24(10-12)11-14-3-6-16(22)8-18(14)23/h1-8,10H,9,11H2. The summed E-state index contributed by atoms with van der Waals surface area (Å²) in [4.78, 5) is 13.0. The minimum atomic E-state index is -0.0574. The Morgan fingerprint density at radius 3 is 2.36 bits per heavy atom. The van der Waals surface area contributed by atoms with Crippen molar-refractivity contribution in [3.05, 3.63) is 90.7 Å². The van der Waals surface area contributed by atoms with Gasteiger partial charge in [0.15, 0.2) is 0 Å². The third-order valence-electron chi connectivity index (χ3n) is 3.81. The van der Waals surface area contributed by atoms with Crippen LogP contribution >= 0.6 is 55.1 Å². The fraction of sp³-hybridized carbons (Fsp3) is 0.105. The molecule has 1 aromatic heterocycles. The molecule has 128 valence electrons. The lowest BCUT2D eigenvalue weighted by molar-refractivity contribution is 0.756. The second-order valence-electron chi connectivity index (χ2n) is 5.57. The largest absolute Gasteiger partial charge is 0.310 e. The van der Waals surface area contributed by atoms with Crippen LogP contribution in [0.1, 0.15) is 11.1 Å². The minimum absolute atomic E-state index is 0.0574. The fourth-order valence-electron chi connectivity index (χ4n) is 2.56. The van der Waals surface area contributed by atoms with Gasteiger partial charge >= 0.3 is 0 Å². The van der Waals surface area contributed by atoms with E-state index in [0.29, 0.717) is 27.5 Å². The number of hydrogen-bond acceptors (Lipinski definition) is 1. The summed E-state index contributed by atoms with van der Waals surface area (Å²) in [6.45, 7) is 0.388. The van der Waals surface area contributed by atoms with Gasteiger partial charge < -0.3 is 4.57 Å². The molecule has 25 heavy (non-hydrogen) atoms. The molecule has 2 aromatic carbocycles. The van der Waals surface area contributed by atoms with E-state index in [1.165, 1.54) is 0 Å². The van der Waals surface area contributed by atoms with Gasteiger partial charge in [-0.3, -0.25) is 4.79 Å². The molecule has 6 heteroatoms. The van der Waals surface area contributed by atoms with Crippen LogP contribution in [0.15, 0.2) is 64.0 Å². The molecule has 3 aromatic rings. The lowest BCUT2D eigenvalue weighted by Crippen LogP contribution is -2.22. The first-order valence-electron chi connectivity index (χ1n) is 7.47. The summed E-state index contributed by atoms with van der Waals surface area (Å²) < 4.78 is 2.66. The number of alkyl halides is 1. The number of pyridine rings is 1. The Kier molecular flexibility index (Phi) is 6.05. The van der Waals surface area contributed by atoms with Crippen LogP contribution in [0.2, 0.25) is 10.0 Å². The van der Waals surface area contributed by atoms with Crippen LogP contribution in [0.5, 0.6) is 0 Å². The lowest BCUT2D eigenvalue weighted by atomic mass is 10.1. The number of rotatable bonds is 4. The number of hydrogen-bond donors (Lipinski definition) is 0. The zero-order valence-electron chi connectivity index (χ0n) is 13.0. The van der Waals surface area contributed by atoms with Crippen molar-refractivity contribution in [2.75, 3.05) is 0 Å². The SMILES string of the molecule is O=c1c(-c2ccc(Br)cc2)cc(CBr)cn1Cc1ccc(Cl)cc1Cl. The molecule has 0 fully saturated rings. The molecule has 1 heterocycles. The van der Waals surface area contributed by atoms with Gasteiger partial charge in [0.1, 0.15) is 0 Å². The maximum Gasteiger partial charge on any atom is 0.258 e. The van der Waals surface area contributed by atoms with E-state index in [4.69, 9.17) is 23.2 Å². The van der Waals surface area contributed by atoms with Gasteiger partial charge in [-0.2, -0.15) is 0 Å². The van der Waals surface area contributed by atoms with Crippen LogP contribution in [0.4, 0.5) is 0 Å². The number of aromatic nitrogens is 1. The molecule has 0 atom stereocenters. The first kappa shape index (κ1) is 18.7. The van der Waals surface area contributed by atoms with Crippen molar-refractivity contribution in [1.29, 1.82) is 0 Å². The van der Waals surface area contributed by atoms with E-state index in [0.717, 1.165) is 21.2 Å². The van der Waals surface area contributed by atoms with Crippen LogP contribution in [0.3, 0.4) is 0 Å². The van der Waals surface area contributed by atoms with Crippen LogP contribution in [0, 0.1) is 0 Å². The molecular weight excluding hydrogens is 489 g/mol. The van der Waals surface area contributed by atoms with Crippen molar-refractivity contribution in [2.45, 2.75) is 11.9 Å². The predicted octanol–water partition coefficient (Wildman–Crippen LogP) is 6.53. The molecule has 0 aliphatic rings. The second-order valence-corrected chi connectivity index (χ2v) is 7.89. The van der Waals surface area contributed by atoms with E-state index in [1.807, 2.05) is 42.6 Å². The van der Waals surface area contributed by atoms with Crippen LogP contribution in [-0.4, -0.2) is 4.57 Å². The summed E-state index contributed by atoms with van der Waals surface area (Å²) in [6, 6.07) is 14.9. The summed E-state index contributed by atoms with van der Waals surface area (Å²) in [5.74, 6) is 0. The third kappa shape index (κ3) is 4.37. The van der Waals surface area contributed by atoms with Gasteiger partial charge in [-0.1, -0.05) is 73.3 Å². The van der Waals surface area contributed by atoms with Crippen molar-refractivity contribution in [3.8, 4) is 11.1 Å². The van der Waals surface area contributed by atoms with Crippen LogP contribution in [0.25, 0.3) is 11.1 Å². The zero-order chi connectivity index (χ0) is 18.0. The smallest absolute Gasteiger partial charge is 0.258 e. The van der Waals surface area contributed by atoms with Gasteiger partial charge in [0.2, 0.25) is 0 Å². The Morgan fingerprint density at radius 2 is 1.72 bits per heavy atom. The highest BCUT2D eigenvalue weighted by molar-refractivity contribution is 9.10. The average molecular weight is 502 g/mol. The Bertz CT molecular complexity index is 968. The first-order valence-corrected chi connectivity index (χ1v) is 10.1. The molecule has 0 spiro atoms. The molecule has 3 rings (SSSR count). The molecule has 0 N–H and O–H groups in total. The van der Waals surface area contributed by atoms with E-state index >= 15 is 0 Å². The van der Waals surface area contributed by atoms with E-state index in [2.05, 4.69) is 31.9 Å². The molecule has 0 saturated heterocycles. The average Bonchev–Trinajstić information content (AvgIpc) is 2.60. The summed E-state index contributed by atoms with van der Waals surface area (Å²) >= 11 is 19.1. The number of nitrogens with zero attached hydrogens (tertiary/aromatic N) is 1. The third-order valence-corrected chi connectivity index (χ3v) is 5.57. The molecule has 0 unspecified atom stereocenters. The topological polar surface area (TPSA) is 22.0 Å². The lowest BCUT2D eigenvalue weighted by Gasteiger charge is -2.12. The van der Waals surface area contributed by atoms with Gasteiger partial charge in [-0.15, -0.1) is 0 Å². The normalized spacial score (nSPS) is 10.9. The Balaban J connectivity index is 2.09. The first-order chi connectivity index (χ1) is 12.0. The van der Waals surface area contributed by atoms with Gasteiger partial charge in [0, 0.05) is 31.6 Å². The molecule has 2 nitrogen and oxygen atoms in total. The molecule has 0 aliphatic heterocycles. The minimum Gasteiger partial charge on any atom is -0.310 e. The second kappa shape index (κ2) is 8.09. The Hall–Kier alpha value is -1.07. The maximum absolute atomic E-state index is 13.0. The number of halogens is 4. The van der Waals surface area contributed by atoms with E-state index in [-0.39, 0.29) is 5.56 Å². The maximum atomic E-state index is 13.0. The Morgan fingerprint density at radius 1 is 1.00 bits per heavy atom. The highest BCUT2D eigenvalue weighted by atomic mass is 79.9. The van der Waals surface area contributed by atoms with Crippen molar-refractivity contribution >= 4 is 55.1 Å². The van der Waals surface area contributed by atoms with Gasteiger partial charge in [-0.05, 0) is 47.0 Å². The van der Waals surface area contributed by atoms with Crippen LogP contribution in [-0.2, 0) is 11.9 Å². The van der Waals surface area contributed by atoms with Gasteiger partial charge in [0.05, 0.1) is 6.54 Å². The molecule has 0 aliphatic carbocycles. The molecule has 0 bridgehead atoms. The highest BCUT2D eigenvalue weighted by Crippen LogP contribution is 2.23. The van der Waals surface area contributed by atoms with Crippen molar-refractivity contribution in [3.63, 3.8) is 0 Å². The van der Waals surface area contributed by atoms with Gasteiger partial charge in [0.25, 0.3) is 5.56 Å². The highest BCUT2D eigenvalue weighted by Gasteiger charge is 2.11. The summed E-state index contributed by atoms with van der Waals surface area (Å²) in [6.07, 6.45) is 1.85. The zero-order valence-corrected chi connectivity index (χ0v) is 17.7. The fourth-order valence-corrected chi connectivity index (χ4v) is 3.60. The molecule has 0 saturated carbocycles. The molecule has 0 radical (unpaired) electrons. The van der Waals surface area contributed by atoms with E-state index < -0.39 is 0 Å². The monoisotopic (exact) mass is 499 g/mol. The van der Waals surface area contributed by atoms with Crippen LogP contribution < -0.4 is 5.56 Å². The Labute approximate surface area is 172 Å². The van der Waals surface area contributed by atoms with E-state index in [1.54, 1.807) is 16.7 Å². The predicted molar refractivity (Wildman–Crippen MR) is 112 cm³/mol. The van der Waals surface area contributed by atoms with Crippen molar-refractivity contribution < 1.29 is 0 Å². The number of benzene rings is 2. The summed E-state index contributed by atoms with van der Waals surface area (Å²) in [5.41, 5.74) is 3.35. The van der Waals surface area contributed by atoms with Crippen molar-refractivity contribution in [2.24, 2.45) is 0 Å². The molecule has 0 amide bonds.